The Labute approximate surface area is 131 Å². The van der Waals surface area contributed by atoms with Gasteiger partial charge in [-0.15, -0.1) is 0 Å². The van der Waals surface area contributed by atoms with Crippen LogP contribution >= 0.6 is 12.2 Å². The molecule has 3 nitrogen and oxygen atoms in total. The topological polar surface area (TPSA) is 44.3 Å². The van der Waals surface area contributed by atoms with E-state index in [4.69, 9.17) is 12.2 Å². The summed E-state index contributed by atoms with van der Waals surface area (Å²) in [5.41, 5.74) is 2.35. The lowest BCUT2D eigenvalue weighted by Gasteiger charge is -2.19. The summed E-state index contributed by atoms with van der Waals surface area (Å²) in [6.45, 7) is 0.720. The average molecular weight is 300 g/mol. The van der Waals surface area contributed by atoms with Crippen LogP contribution in [0.1, 0.15) is 11.1 Å². The highest BCUT2D eigenvalue weighted by Gasteiger charge is 2.09. The summed E-state index contributed by atoms with van der Waals surface area (Å²) < 4.78 is 0. The summed E-state index contributed by atoms with van der Waals surface area (Å²) in [4.78, 5) is 0. The van der Waals surface area contributed by atoms with Crippen molar-refractivity contribution in [2.75, 3.05) is 6.61 Å². The van der Waals surface area contributed by atoms with Crippen molar-refractivity contribution in [1.29, 1.82) is 0 Å². The Kier molecular flexibility index (Phi) is 6.19. The minimum atomic E-state index is -0.0804. The van der Waals surface area contributed by atoms with Crippen molar-refractivity contribution >= 4 is 17.3 Å². The van der Waals surface area contributed by atoms with Gasteiger partial charge in [0.25, 0.3) is 0 Å². The van der Waals surface area contributed by atoms with E-state index < -0.39 is 0 Å². The van der Waals surface area contributed by atoms with E-state index in [1.807, 2.05) is 60.7 Å². The molecule has 2 rings (SSSR count). The van der Waals surface area contributed by atoms with Gasteiger partial charge in [-0.25, -0.2) is 0 Å². The lowest BCUT2D eigenvalue weighted by Crippen LogP contribution is -2.44. The Morgan fingerprint density at radius 1 is 0.952 bits per heavy atom. The van der Waals surface area contributed by atoms with Gasteiger partial charge in [0.15, 0.2) is 5.11 Å². The summed E-state index contributed by atoms with van der Waals surface area (Å²) in [6.07, 6.45) is 0.741. The molecule has 0 aliphatic heterocycles. The molecule has 0 fully saturated rings. The maximum Gasteiger partial charge on any atom is 0.166 e. The van der Waals surface area contributed by atoms with Crippen LogP contribution in [0.25, 0.3) is 0 Å². The molecular weight excluding hydrogens is 280 g/mol. The molecule has 0 saturated heterocycles. The number of thiocarbonyl (C=S) groups is 1. The SMILES string of the molecule is OC[C@H](Cc1ccccc1)NC(=S)NCc1ccccc1. The fraction of sp³-hybridized carbons (Fsp3) is 0.235. The summed E-state index contributed by atoms with van der Waals surface area (Å²) >= 11 is 5.28. The van der Waals surface area contributed by atoms with Crippen LogP contribution in [0.4, 0.5) is 0 Å². The van der Waals surface area contributed by atoms with Gasteiger partial charge in [-0.05, 0) is 29.8 Å². The van der Waals surface area contributed by atoms with E-state index in [0.717, 1.165) is 6.42 Å². The summed E-state index contributed by atoms with van der Waals surface area (Å²) in [6, 6.07) is 20.1. The fourth-order valence-corrected chi connectivity index (χ4v) is 2.31. The summed E-state index contributed by atoms with van der Waals surface area (Å²) in [7, 11) is 0. The molecule has 2 aromatic rings. The molecule has 0 amide bonds. The zero-order valence-corrected chi connectivity index (χ0v) is 12.6. The zero-order chi connectivity index (χ0) is 14.9. The third-order valence-electron chi connectivity index (χ3n) is 3.18. The molecule has 0 aromatic heterocycles. The van der Waals surface area contributed by atoms with E-state index in [1.165, 1.54) is 11.1 Å². The molecule has 0 aliphatic carbocycles. The Morgan fingerprint density at radius 2 is 1.52 bits per heavy atom. The van der Waals surface area contributed by atoms with E-state index in [-0.39, 0.29) is 12.6 Å². The van der Waals surface area contributed by atoms with E-state index >= 15 is 0 Å². The maximum atomic E-state index is 9.47. The molecule has 0 unspecified atom stereocenters. The van der Waals surface area contributed by atoms with Gasteiger partial charge in [0.2, 0.25) is 0 Å². The Hall–Kier alpha value is -1.91. The predicted octanol–water partition coefficient (Wildman–Crippen LogP) is 2.25. The number of benzene rings is 2. The first-order chi connectivity index (χ1) is 10.3. The van der Waals surface area contributed by atoms with Gasteiger partial charge in [-0.1, -0.05) is 60.7 Å². The molecule has 21 heavy (non-hydrogen) atoms. The van der Waals surface area contributed by atoms with Crippen molar-refractivity contribution < 1.29 is 5.11 Å². The lowest BCUT2D eigenvalue weighted by molar-refractivity contribution is 0.254. The highest BCUT2D eigenvalue weighted by molar-refractivity contribution is 7.80. The molecule has 3 N–H and O–H groups in total. The number of hydrogen-bond donors (Lipinski definition) is 3. The van der Waals surface area contributed by atoms with Crippen LogP contribution in [0.2, 0.25) is 0 Å². The first-order valence-electron chi connectivity index (χ1n) is 7.01. The predicted molar refractivity (Wildman–Crippen MR) is 90.0 cm³/mol. The van der Waals surface area contributed by atoms with Gasteiger partial charge in [-0.3, -0.25) is 0 Å². The van der Waals surface area contributed by atoms with Crippen molar-refractivity contribution in [3.05, 3.63) is 71.8 Å². The molecule has 1 atom stereocenters. The van der Waals surface area contributed by atoms with Crippen molar-refractivity contribution in [2.24, 2.45) is 0 Å². The molecule has 0 bridgehead atoms. The number of hydrogen-bond acceptors (Lipinski definition) is 2. The average Bonchev–Trinajstić information content (AvgIpc) is 2.54. The smallest absolute Gasteiger partial charge is 0.166 e. The standard InChI is InChI=1S/C17H20N2OS/c20-13-16(11-14-7-3-1-4-8-14)19-17(21)18-12-15-9-5-2-6-10-15/h1-10,16,20H,11-13H2,(H2,18,19,21)/t16-/m0/s1. The third kappa shape index (κ3) is 5.53. The number of rotatable bonds is 6. The number of aliphatic hydroxyl groups excluding tert-OH is 1. The zero-order valence-electron chi connectivity index (χ0n) is 11.8. The fourth-order valence-electron chi connectivity index (χ4n) is 2.07. The molecular formula is C17H20N2OS. The lowest BCUT2D eigenvalue weighted by atomic mass is 10.1. The van der Waals surface area contributed by atoms with E-state index in [1.54, 1.807) is 0 Å². The van der Waals surface area contributed by atoms with Gasteiger partial charge < -0.3 is 15.7 Å². The molecule has 110 valence electrons. The molecule has 0 aliphatic rings. The molecule has 2 aromatic carbocycles. The summed E-state index contributed by atoms with van der Waals surface area (Å²) in [5.74, 6) is 0. The van der Waals surface area contributed by atoms with Crippen LogP contribution < -0.4 is 10.6 Å². The normalized spacial score (nSPS) is 11.7. The number of aliphatic hydroxyl groups is 1. The third-order valence-corrected chi connectivity index (χ3v) is 3.44. The van der Waals surface area contributed by atoms with Crippen molar-refractivity contribution in [3.63, 3.8) is 0 Å². The second-order valence-electron chi connectivity index (χ2n) is 4.88. The molecule has 0 spiro atoms. The van der Waals surface area contributed by atoms with Gasteiger partial charge in [0.1, 0.15) is 0 Å². The van der Waals surface area contributed by atoms with Crippen molar-refractivity contribution in [2.45, 2.75) is 19.0 Å². The Bertz CT molecular complexity index is 545. The molecule has 0 saturated carbocycles. The van der Waals surface area contributed by atoms with Crippen LogP contribution in [0.3, 0.4) is 0 Å². The quantitative estimate of drug-likeness (QED) is 0.716. The van der Waals surface area contributed by atoms with Gasteiger partial charge in [0.05, 0.1) is 12.6 Å². The van der Waals surface area contributed by atoms with Crippen LogP contribution in [0.5, 0.6) is 0 Å². The van der Waals surface area contributed by atoms with Gasteiger partial charge in [0, 0.05) is 6.54 Å². The van der Waals surface area contributed by atoms with Gasteiger partial charge in [-0.2, -0.15) is 0 Å². The largest absolute Gasteiger partial charge is 0.394 e. The Morgan fingerprint density at radius 3 is 2.10 bits per heavy atom. The highest BCUT2D eigenvalue weighted by atomic mass is 32.1. The first kappa shape index (κ1) is 15.5. The van der Waals surface area contributed by atoms with Crippen LogP contribution in [-0.4, -0.2) is 22.9 Å². The van der Waals surface area contributed by atoms with Crippen LogP contribution in [-0.2, 0) is 13.0 Å². The highest BCUT2D eigenvalue weighted by Crippen LogP contribution is 2.03. The van der Waals surface area contributed by atoms with E-state index in [0.29, 0.717) is 11.7 Å². The minimum Gasteiger partial charge on any atom is -0.394 e. The second-order valence-corrected chi connectivity index (χ2v) is 5.29. The van der Waals surface area contributed by atoms with Crippen molar-refractivity contribution in [3.8, 4) is 0 Å². The van der Waals surface area contributed by atoms with Crippen LogP contribution in [0.15, 0.2) is 60.7 Å². The second kappa shape index (κ2) is 8.39. The van der Waals surface area contributed by atoms with Crippen molar-refractivity contribution in [1.82, 2.24) is 10.6 Å². The molecule has 0 heterocycles. The maximum absolute atomic E-state index is 9.47. The number of nitrogens with one attached hydrogen (secondary N) is 2. The minimum absolute atomic E-state index is 0.0437. The van der Waals surface area contributed by atoms with E-state index in [2.05, 4.69) is 10.6 Å². The molecule has 0 radical (unpaired) electrons. The Balaban J connectivity index is 1.80. The monoisotopic (exact) mass is 300 g/mol. The first-order valence-corrected chi connectivity index (χ1v) is 7.42. The van der Waals surface area contributed by atoms with Gasteiger partial charge >= 0.3 is 0 Å². The van der Waals surface area contributed by atoms with Crippen LogP contribution in [0, 0.1) is 0 Å². The molecule has 4 heteroatoms. The summed E-state index contributed by atoms with van der Waals surface area (Å²) in [5, 5.41) is 16.3. The van der Waals surface area contributed by atoms with E-state index in [9.17, 15) is 5.11 Å².